The van der Waals surface area contributed by atoms with Crippen LogP contribution in [0.15, 0.2) is 66.9 Å². The van der Waals surface area contributed by atoms with Gasteiger partial charge >= 0.3 is 11.6 Å². The summed E-state index contributed by atoms with van der Waals surface area (Å²) in [5.74, 6) is -0.373. The van der Waals surface area contributed by atoms with Crippen LogP contribution in [0.25, 0.3) is 0 Å². The van der Waals surface area contributed by atoms with Crippen molar-refractivity contribution in [3.63, 3.8) is 0 Å². The van der Waals surface area contributed by atoms with E-state index >= 15 is 0 Å². The molecule has 0 spiro atoms. The molecule has 4 rings (SSSR count). The van der Waals surface area contributed by atoms with E-state index in [0.29, 0.717) is 4.68 Å². The predicted molar refractivity (Wildman–Crippen MR) is 128 cm³/mol. The SMILES string of the molecule is [2H]C([2H])([2H])n1cc([N+](=O)[O-])c(O[C@@H]2COC[C@@H]2O[Si](c2ccccc2)(c2ccccc2)C(C)(C)C)n1. The Hall–Kier alpha value is -3.01. The summed E-state index contributed by atoms with van der Waals surface area (Å²) in [6.45, 7) is 4.11. The van der Waals surface area contributed by atoms with Gasteiger partial charge in [-0.05, 0) is 15.4 Å². The zero-order chi connectivity index (χ0) is 26.1. The molecule has 1 aliphatic rings. The largest absolute Gasteiger partial charge is 0.463 e. The van der Waals surface area contributed by atoms with E-state index in [1.165, 1.54) is 0 Å². The van der Waals surface area contributed by atoms with Crippen LogP contribution in [0.4, 0.5) is 5.69 Å². The topological polar surface area (TPSA) is 88.7 Å². The van der Waals surface area contributed by atoms with Crippen molar-refractivity contribution < 1.29 is 22.9 Å². The molecule has 2 atom stereocenters. The van der Waals surface area contributed by atoms with E-state index in [-0.39, 0.29) is 24.1 Å². The third-order valence-electron chi connectivity index (χ3n) is 5.85. The van der Waals surface area contributed by atoms with Crippen molar-refractivity contribution in [2.75, 3.05) is 13.2 Å². The maximum Gasteiger partial charge on any atom is 0.350 e. The molecular weight excluding hydrogens is 438 g/mol. The molecule has 1 saturated heterocycles. The van der Waals surface area contributed by atoms with Crippen molar-refractivity contribution in [1.82, 2.24) is 9.78 Å². The quantitative estimate of drug-likeness (QED) is 0.300. The van der Waals surface area contributed by atoms with E-state index in [1.807, 2.05) is 36.4 Å². The fourth-order valence-electron chi connectivity index (χ4n) is 4.35. The van der Waals surface area contributed by atoms with E-state index < -0.39 is 38.1 Å². The maximum atomic E-state index is 11.6. The highest BCUT2D eigenvalue weighted by Crippen LogP contribution is 2.39. The molecule has 3 aromatic rings. The molecule has 8 nitrogen and oxygen atoms in total. The van der Waals surface area contributed by atoms with Gasteiger partial charge in [-0.15, -0.1) is 5.10 Å². The third kappa shape index (κ3) is 4.44. The lowest BCUT2D eigenvalue weighted by atomic mass is 10.2. The monoisotopic (exact) mass is 470 g/mol. The first-order chi connectivity index (χ1) is 16.9. The Kier molecular flexibility index (Phi) is 5.36. The Balaban J connectivity index is 1.74. The van der Waals surface area contributed by atoms with E-state index in [2.05, 4.69) is 50.1 Å². The highest BCUT2D eigenvalue weighted by molar-refractivity contribution is 6.99. The van der Waals surface area contributed by atoms with Crippen LogP contribution in [0, 0.1) is 10.1 Å². The van der Waals surface area contributed by atoms with Crippen molar-refractivity contribution in [2.45, 2.75) is 38.0 Å². The number of nitrogens with zero attached hydrogens (tertiary/aromatic N) is 3. The lowest BCUT2D eigenvalue weighted by Crippen LogP contribution is -2.68. The zero-order valence-electron chi connectivity index (χ0n) is 21.8. The molecular formula is C24H29N3O5Si. The molecule has 0 unspecified atom stereocenters. The molecule has 0 aliphatic carbocycles. The van der Waals surface area contributed by atoms with E-state index in [0.717, 1.165) is 16.6 Å². The zero-order valence-corrected chi connectivity index (χ0v) is 19.8. The molecule has 9 heteroatoms. The number of ether oxygens (including phenoxy) is 2. The second-order valence-corrected chi connectivity index (χ2v) is 13.3. The number of hydrogen-bond donors (Lipinski definition) is 0. The Morgan fingerprint density at radius 2 is 1.67 bits per heavy atom. The second kappa shape index (κ2) is 9.09. The number of nitro groups is 1. The van der Waals surface area contributed by atoms with E-state index in [9.17, 15) is 10.1 Å². The van der Waals surface area contributed by atoms with Gasteiger partial charge in [-0.25, -0.2) is 0 Å². The van der Waals surface area contributed by atoms with Gasteiger partial charge in [0.15, 0.2) is 6.10 Å². The number of benzene rings is 2. The molecule has 0 radical (unpaired) electrons. The van der Waals surface area contributed by atoms with Gasteiger partial charge in [0, 0.05) is 11.1 Å². The Morgan fingerprint density at radius 1 is 1.09 bits per heavy atom. The van der Waals surface area contributed by atoms with Crippen LogP contribution >= 0.6 is 0 Å². The van der Waals surface area contributed by atoms with Gasteiger partial charge < -0.3 is 13.9 Å². The highest BCUT2D eigenvalue weighted by Gasteiger charge is 2.53. The standard InChI is InChI=1S/C24H29N3O5Si/c1-24(2,3)33(18-11-7-5-8-12-18,19-13-9-6-10-14-19)32-22-17-30-16-21(22)31-23-20(27(28)29)15-26(4)25-23/h5-15,21-22H,16-17H2,1-4H3/t21-,22+/m1/s1/i4D3. The molecule has 1 aliphatic heterocycles. The summed E-state index contributed by atoms with van der Waals surface area (Å²) in [4.78, 5) is 10.9. The van der Waals surface area contributed by atoms with Crippen LogP contribution in [0.5, 0.6) is 5.88 Å². The van der Waals surface area contributed by atoms with Crippen molar-refractivity contribution in [2.24, 2.45) is 6.98 Å². The molecule has 2 aromatic carbocycles. The highest BCUT2D eigenvalue weighted by atomic mass is 28.4. The van der Waals surface area contributed by atoms with Crippen LogP contribution < -0.4 is 15.1 Å². The van der Waals surface area contributed by atoms with Gasteiger partial charge in [-0.2, -0.15) is 0 Å². The molecule has 0 N–H and O–H groups in total. The van der Waals surface area contributed by atoms with Crippen molar-refractivity contribution in [3.05, 3.63) is 77.0 Å². The third-order valence-corrected chi connectivity index (χ3v) is 10.9. The second-order valence-electron chi connectivity index (χ2n) is 9.03. The summed E-state index contributed by atoms with van der Waals surface area (Å²) >= 11 is 0. The normalized spacial score (nSPS) is 20.6. The molecule has 0 amide bonds. The van der Waals surface area contributed by atoms with Gasteiger partial charge in [0.2, 0.25) is 0 Å². The van der Waals surface area contributed by atoms with Crippen molar-refractivity contribution in [1.29, 1.82) is 0 Å². The van der Waals surface area contributed by atoms with Gasteiger partial charge in [-0.1, -0.05) is 81.4 Å². The van der Waals surface area contributed by atoms with Crippen LogP contribution in [-0.2, 0) is 16.1 Å². The minimum Gasteiger partial charge on any atom is -0.463 e. The molecule has 2 heterocycles. The van der Waals surface area contributed by atoms with Gasteiger partial charge in [-0.3, -0.25) is 14.8 Å². The van der Waals surface area contributed by atoms with Gasteiger partial charge in [0.25, 0.3) is 8.32 Å². The molecule has 0 saturated carbocycles. The first-order valence-corrected chi connectivity index (χ1v) is 12.6. The summed E-state index contributed by atoms with van der Waals surface area (Å²) < 4.78 is 41.9. The lowest BCUT2D eigenvalue weighted by Gasteiger charge is -2.45. The fourth-order valence-corrected chi connectivity index (χ4v) is 9.04. The van der Waals surface area contributed by atoms with Crippen LogP contribution in [0.2, 0.25) is 5.04 Å². The molecule has 174 valence electrons. The first kappa shape index (κ1) is 19.5. The minimum absolute atomic E-state index is 0.126. The molecule has 1 fully saturated rings. The Morgan fingerprint density at radius 3 is 2.18 bits per heavy atom. The summed E-state index contributed by atoms with van der Waals surface area (Å²) in [5.41, 5.74) is -0.526. The summed E-state index contributed by atoms with van der Waals surface area (Å²) in [5, 5.41) is 17.3. The molecule has 0 bridgehead atoms. The summed E-state index contributed by atoms with van der Waals surface area (Å²) in [6, 6.07) is 20.1. The van der Waals surface area contributed by atoms with Crippen molar-refractivity contribution in [3.8, 4) is 5.88 Å². The average molecular weight is 471 g/mol. The van der Waals surface area contributed by atoms with Crippen LogP contribution in [-0.4, -0.2) is 48.4 Å². The number of hydrogen-bond acceptors (Lipinski definition) is 6. The van der Waals surface area contributed by atoms with Gasteiger partial charge in [0.05, 0.1) is 18.1 Å². The summed E-state index contributed by atoms with van der Waals surface area (Å²) in [6.07, 6.45) is -0.421. The minimum atomic E-state index is -2.94. The average Bonchev–Trinajstić information content (AvgIpc) is 3.45. The van der Waals surface area contributed by atoms with Gasteiger partial charge in [0.1, 0.15) is 12.3 Å². The number of aryl methyl sites for hydroxylation is 1. The van der Waals surface area contributed by atoms with Crippen LogP contribution in [0.3, 0.4) is 0 Å². The van der Waals surface area contributed by atoms with E-state index in [1.54, 1.807) is 0 Å². The van der Waals surface area contributed by atoms with Crippen LogP contribution in [0.1, 0.15) is 24.9 Å². The Bertz CT molecular complexity index is 1160. The van der Waals surface area contributed by atoms with Crippen molar-refractivity contribution >= 4 is 24.4 Å². The smallest absolute Gasteiger partial charge is 0.350 e. The molecule has 1 aromatic heterocycles. The lowest BCUT2D eigenvalue weighted by molar-refractivity contribution is -0.386. The number of rotatable bonds is 7. The first-order valence-electron chi connectivity index (χ1n) is 12.2. The maximum absolute atomic E-state index is 11.6. The molecule has 33 heavy (non-hydrogen) atoms. The van der Waals surface area contributed by atoms with E-state index in [4.69, 9.17) is 18.0 Å². The fraction of sp³-hybridized carbons (Fsp3) is 0.375. The number of aromatic nitrogens is 2. The Labute approximate surface area is 198 Å². The predicted octanol–water partition coefficient (Wildman–Crippen LogP) is 3.05. The summed E-state index contributed by atoms with van der Waals surface area (Å²) in [7, 11) is -2.94.